The van der Waals surface area contributed by atoms with E-state index in [1.165, 1.54) is 23.1 Å². The molecule has 2 aromatic rings. The maximum atomic E-state index is 12.5. The summed E-state index contributed by atoms with van der Waals surface area (Å²) in [6, 6.07) is 7.80. The van der Waals surface area contributed by atoms with Crippen LogP contribution in [-0.4, -0.2) is 46.9 Å². The summed E-state index contributed by atoms with van der Waals surface area (Å²) in [6.07, 6.45) is 4.46. The van der Waals surface area contributed by atoms with Gasteiger partial charge < -0.3 is 15.4 Å². The molecule has 9 heteroatoms. The Balaban J connectivity index is 1.50. The van der Waals surface area contributed by atoms with E-state index in [1.54, 1.807) is 11.8 Å². The van der Waals surface area contributed by atoms with Crippen LogP contribution in [0.15, 0.2) is 33.5 Å². The van der Waals surface area contributed by atoms with E-state index in [-0.39, 0.29) is 17.3 Å². The van der Waals surface area contributed by atoms with Gasteiger partial charge in [-0.1, -0.05) is 35.2 Å². The first-order valence-corrected chi connectivity index (χ1v) is 11.4. The van der Waals surface area contributed by atoms with E-state index < -0.39 is 0 Å². The highest BCUT2D eigenvalue weighted by atomic mass is 32.2. The number of nitrogens with zero attached hydrogens (tertiary/aromatic N) is 2. The smallest absolute Gasteiger partial charge is 0.237 e. The number of anilines is 2. The minimum atomic E-state index is -0.260. The van der Waals surface area contributed by atoms with Crippen LogP contribution in [0.25, 0.3) is 0 Å². The molecule has 140 valence electrons. The molecule has 6 nitrogen and oxygen atoms in total. The molecule has 1 amide bonds. The fourth-order valence-electron chi connectivity index (χ4n) is 2.52. The van der Waals surface area contributed by atoms with Crippen LogP contribution < -0.4 is 10.6 Å². The Kier molecular flexibility index (Phi) is 7.18. The lowest BCUT2D eigenvalue weighted by Crippen LogP contribution is -2.22. The van der Waals surface area contributed by atoms with Gasteiger partial charge in [0, 0.05) is 18.0 Å². The second kappa shape index (κ2) is 9.59. The van der Waals surface area contributed by atoms with E-state index in [1.807, 2.05) is 37.4 Å². The van der Waals surface area contributed by atoms with Crippen molar-refractivity contribution in [2.24, 2.45) is 0 Å². The molecule has 1 aliphatic rings. The Morgan fingerprint density at radius 3 is 3.04 bits per heavy atom. The zero-order chi connectivity index (χ0) is 18.4. The zero-order valence-corrected chi connectivity index (χ0v) is 17.2. The number of aromatic nitrogens is 2. The van der Waals surface area contributed by atoms with Gasteiger partial charge in [0.1, 0.15) is 0 Å². The lowest BCUT2D eigenvalue weighted by atomic mass is 10.2. The van der Waals surface area contributed by atoms with Gasteiger partial charge in [-0.05, 0) is 38.2 Å². The first-order chi connectivity index (χ1) is 12.7. The average Bonchev–Trinajstić information content (AvgIpc) is 3.32. The number of benzene rings is 1. The summed E-state index contributed by atoms with van der Waals surface area (Å²) in [5.41, 5.74) is 0.841. The molecule has 0 spiro atoms. The Labute approximate surface area is 165 Å². The van der Waals surface area contributed by atoms with Gasteiger partial charge in [0.15, 0.2) is 4.34 Å². The number of rotatable bonds is 8. The number of hydrogen-bond donors (Lipinski definition) is 2. The van der Waals surface area contributed by atoms with Crippen molar-refractivity contribution in [2.45, 2.75) is 40.4 Å². The first kappa shape index (κ1) is 19.5. The van der Waals surface area contributed by atoms with Crippen molar-refractivity contribution in [1.82, 2.24) is 10.2 Å². The van der Waals surface area contributed by atoms with Gasteiger partial charge in [-0.3, -0.25) is 4.79 Å². The lowest BCUT2D eigenvalue weighted by Gasteiger charge is -2.12. The SMILES string of the molecule is CSc1ccccc1NC(=O)C(C)Sc1nnc(NCC2CCCO2)s1. The summed E-state index contributed by atoms with van der Waals surface area (Å²) >= 11 is 4.50. The molecule has 1 fully saturated rings. The number of carbonyl (C=O) groups excluding carboxylic acids is 1. The molecule has 0 aliphatic carbocycles. The van der Waals surface area contributed by atoms with Crippen LogP contribution >= 0.6 is 34.9 Å². The summed E-state index contributed by atoms with van der Waals surface area (Å²) in [7, 11) is 0. The van der Waals surface area contributed by atoms with Gasteiger partial charge in [-0.15, -0.1) is 22.0 Å². The van der Waals surface area contributed by atoms with Crippen LogP contribution in [0.1, 0.15) is 19.8 Å². The molecule has 2 N–H and O–H groups in total. The topological polar surface area (TPSA) is 76.1 Å². The molecule has 1 aromatic heterocycles. The average molecular weight is 411 g/mol. The monoisotopic (exact) mass is 410 g/mol. The highest BCUT2D eigenvalue weighted by Gasteiger charge is 2.19. The second-order valence-corrected chi connectivity index (χ2v) is 9.25. The van der Waals surface area contributed by atoms with Crippen LogP contribution in [0.5, 0.6) is 0 Å². The predicted octanol–water partition coefficient (Wildman–Crippen LogP) is 3.97. The van der Waals surface area contributed by atoms with E-state index >= 15 is 0 Å². The molecule has 2 heterocycles. The molecule has 26 heavy (non-hydrogen) atoms. The minimum Gasteiger partial charge on any atom is -0.376 e. The number of carbonyl (C=O) groups is 1. The molecule has 3 rings (SSSR count). The molecule has 0 bridgehead atoms. The number of ether oxygens (including phenoxy) is 1. The van der Waals surface area contributed by atoms with Gasteiger partial charge >= 0.3 is 0 Å². The first-order valence-electron chi connectivity index (χ1n) is 8.45. The number of thioether (sulfide) groups is 2. The molecule has 1 aliphatic heterocycles. The number of hydrogen-bond acceptors (Lipinski definition) is 8. The van der Waals surface area contributed by atoms with E-state index in [4.69, 9.17) is 4.74 Å². The van der Waals surface area contributed by atoms with Gasteiger partial charge in [-0.2, -0.15) is 0 Å². The Hall–Kier alpha value is -1.29. The summed E-state index contributed by atoms with van der Waals surface area (Å²) in [5.74, 6) is -0.0411. The van der Waals surface area contributed by atoms with Gasteiger partial charge in [0.25, 0.3) is 0 Å². The van der Waals surface area contributed by atoms with Gasteiger partial charge in [0.2, 0.25) is 11.0 Å². The van der Waals surface area contributed by atoms with Crippen molar-refractivity contribution in [1.29, 1.82) is 0 Å². The molecule has 0 saturated carbocycles. The second-order valence-electron chi connectivity index (χ2n) is 5.84. The Bertz CT molecular complexity index is 734. The van der Waals surface area contributed by atoms with Crippen molar-refractivity contribution in [3.8, 4) is 0 Å². The van der Waals surface area contributed by atoms with E-state index in [0.717, 1.165) is 46.0 Å². The van der Waals surface area contributed by atoms with Crippen LogP contribution in [0.4, 0.5) is 10.8 Å². The summed E-state index contributed by atoms with van der Waals surface area (Å²) in [4.78, 5) is 13.5. The number of amides is 1. The predicted molar refractivity (Wildman–Crippen MR) is 110 cm³/mol. The third-order valence-corrected chi connectivity index (χ3v) is 6.78. The van der Waals surface area contributed by atoms with Crippen LogP contribution in [0.3, 0.4) is 0 Å². The summed E-state index contributed by atoms with van der Waals surface area (Å²) in [6.45, 7) is 3.47. The van der Waals surface area contributed by atoms with E-state index in [9.17, 15) is 4.79 Å². The third kappa shape index (κ3) is 5.35. The highest BCUT2D eigenvalue weighted by molar-refractivity contribution is 8.02. The van der Waals surface area contributed by atoms with Crippen LogP contribution in [-0.2, 0) is 9.53 Å². The van der Waals surface area contributed by atoms with Crippen molar-refractivity contribution in [2.75, 3.05) is 30.0 Å². The highest BCUT2D eigenvalue weighted by Crippen LogP contribution is 2.31. The van der Waals surface area contributed by atoms with Gasteiger partial charge in [-0.25, -0.2) is 0 Å². The molecule has 0 radical (unpaired) electrons. The minimum absolute atomic E-state index is 0.0411. The van der Waals surface area contributed by atoms with Crippen molar-refractivity contribution < 1.29 is 9.53 Å². The maximum absolute atomic E-state index is 12.5. The fraction of sp³-hybridized carbons (Fsp3) is 0.471. The molecule has 1 aromatic carbocycles. The van der Waals surface area contributed by atoms with E-state index in [0.29, 0.717) is 0 Å². The zero-order valence-electron chi connectivity index (χ0n) is 14.7. The standard InChI is InChI=1S/C17H22N4O2S3/c1-11(15(22)19-13-7-3-4-8-14(13)24-2)25-17-21-20-16(26-17)18-10-12-6-5-9-23-12/h3-4,7-8,11-12H,5-6,9-10H2,1-2H3,(H,18,20)(H,19,22). The van der Waals surface area contributed by atoms with Crippen molar-refractivity contribution in [3.05, 3.63) is 24.3 Å². The quantitative estimate of drug-likeness (QED) is 0.638. The molecule has 1 saturated heterocycles. The lowest BCUT2D eigenvalue weighted by molar-refractivity contribution is -0.115. The third-order valence-electron chi connectivity index (χ3n) is 3.92. The normalized spacial score (nSPS) is 17.8. The summed E-state index contributed by atoms with van der Waals surface area (Å²) in [5, 5.41) is 15.1. The summed E-state index contributed by atoms with van der Waals surface area (Å²) < 4.78 is 6.37. The van der Waals surface area contributed by atoms with Crippen molar-refractivity contribution in [3.63, 3.8) is 0 Å². The molecule has 2 unspecified atom stereocenters. The molecular weight excluding hydrogens is 388 g/mol. The van der Waals surface area contributed by atoms with Crippen LogP contribution in [0, 0.1) is 0 Å². The van der Waals surface area contributed by atoms with Gasteiger partial charge in [0.05, 0.1) is 17.0 Å². The largest absolute Gasteiger partial charge is 0.376 e. The van der Waals surface area contributed by atoms with Crippen molar-refractivity contribution >= 4 is 51.6 Å². The fourth-order valence-corrected chi connectivity index (χ4v) is 4.98. The van der Waals surface area contributed by atoms with E-state index in [2.05, 4.69) is 20.8 Å². The maximum Gasteiger partial charge on any atom is 0.237 e. The Morgan fingerprint density at radius 2 is 2.27 bits per heavy atom. The number of nitrogens with one attached hydrogen (secondary N) is 2. The molecule has 2 atom stereocenters. The number of para-hydroxylation sites is 1. The Morgan fingerprint density at radius 1 is 1.42 bits per heavy atom. The molecular formula is C17H22N4O2S3. The van der Waals surface area contributed by atoms with Crippen LogP contribution in [0.2, 0.25) is 0 Å².